The van der Waals surface area contributed by atoms with Gasteiger partial charge in [-0.15, -0.1) is 0 Å². The van der Waals surface area contributed by atoms with E-state index in [1.54, 1.807) is 0 Å². The van der Waals surface area contributed by atoms with Crippen LogP contribution in [0.5, 0.6) is 0 Å². The molecule has 0 heterocycles. The molecule has 0 fully saturated rings. The van der Waals surface area contributed by atoms with Crippen LogP contribution in [0.15, 0.2) is 46.9 Å². The summed E-state index contributed by atoms with van der Waals surface area (Å²) in [5, 5.41) is 2.79. The maximum atomic E-state index is 11.8. The van der Waals surface area contributed by atoms with E-state index in [0.29, 0.717) is 0 Å². The third-order valence-electron chi connectivity index (χ3n) is 2.94. The molecule has 0 aromatic heterocycles. The van der Waals surface area contributed by atoms with Crippen molar-refractivity contribution in [2.24, 2.45) is 0 Å². The number of ether oxygens (including phenoxy) is 1. The van der Waals surface area contributed by atoms with E-state index in [0.717, 1.165) is 26.9 Å². The summed E-state index contributed by atoms with van der Waals surface area (Å²) >= 11 is 3.43. The molecule has 2 aromatic carbocycles. The van der Waals surface area contributed by atoms with Gasteiger partial charge >= 0.3 is 6.09 Å². The molecule has 2 aromatic rings. The van der Waals surface area contributed by atoms with Crippen molar-refractivity contribution in [1.29, 1.82) is 0 Å². The molecule has 1 N–H and O–H groups in total. The third kappa shape index (κ3) is 3.84. The molecule has 0 saturated heterocycles. The van der Waals surface area contributed by atoms with Crippen molar-refractivity contribution in [3.8, 4) is 0 Å². The number of halogens is 1. The number of carbonyl (C=O) groups excluding carboxylic acids is 1. The van der Waals surface area contributed by atoms with Crippen LogP contribution in [-0.4, -0.2) is 6.09 Å². The molecule has 0 saturated carbocycles. The summed E-state index contributed by atoms with van der Waals surface area (Å²) in [5.41, 5.74) is 3.75. The molecule has 0 unspecified atom stereocenters. The lowest BCUT2D eigenvalue weighted by Gasteiger charge is -2.12. The Morgan fingerprint density at radius 1 is 1.15 bits per heavy atom. The highest BCUT2D eigenvalue weighted by atomic mass is 79.9. The Labute approximate surface area is 127 Å². The first-order chi connectivity index (χ1) is 9.56. The van der Waals surface area contributed by atoms with Gasteiger partial charge in [0, 0.05) is 10.2 Å². The predicted octanol–water partition coefficient (Wildman–Crippen LogP) is 4.81. The van der Waals surface area contributed by atoms with E-state index in [4.69, 9.17) is 4.74 Å². The van der Waals surface area contributed by atoms with Crippen molar-refractivity contribution in [2.45, 2.75) is 20.5 Å². The summed E-state index contributed by atoms with van der Waals surface area (Å²) in [6.07, 6.45) is -0.442. The zero-order chi connectivity index (χ0) is 14.5. The molecular formula is C16H16BrNO2. The maximum Gasteiger partial charge on any atom is 0.411 e. The number of anilines is 1. The average Bonchev–Trinajstić information content (AvgIpc) is 2.42. The quantitative estimate of drug-likeness (QED) is 0.874. The van der Waals surface area contributed by atoms with Gasteiger partial charge in [-0.1, -0.05) is 46.3 Å². The Morgan fingerprint density at radius 3 is 2.35 bits per heavy atom. The second kappa shape index (κ2) is 6.57. The molecule has 20 heavy (non-hydrogen) atoms. The molecule has 4 heteroatoms. The van der Waals surface area contributed by atoms with Crippen LogP contribution >= 0.6 is 15.9 Å². The van der Waals surface area contributed by atoms with Crippen LogP contribution in [0.25, 0.3) is 0 Å². The molecule has 0 aliphatic carbocycles. The number of aryl methyl sites for hydroxylation is 2. The van der Waals surface area contributed by atoms with Crippen LogP contribution in [-0.2, 0) is 11.3 Å². The predicted molar refractivity (Wildman–Crippen MR) is 83.9 cm³/mol. The van der Waals surface area contributed by atoms with Crippen molar-refractivity contribution < 1.29 is 9.53 Å². The van der Waals surface area contributed by atoms with Crippen molar-refractivity contribution in [3.63, 3.8) is 0 Å². The number of benzene rings is 2. The first-order valence-corrected chi connectivity index (χ1v) is 7.10. The Hall–Kier alpha value is -1.81. The van der Waals surface area contributed by atoms with E-state index in [-0.39, 0.29) is 6.61 Å². The summed E-state index contributed by atoms with van der Waals surface area (Å²) < 4.78 is 6.21. The first-order valence-electron chi connectivity index (χ1n) is 6.30. The highest BCUT2D eigenvalue weighted by Gasteiger charge is 2.09. The van der Waals surface area contributed by atoms with Crippen molar-refractivity contribution in [3.05, 3.63) is 63.6 Å². The Morgan fingerprint density at radius 2 is 1.75 bits per heavy atom. The summed E-state index contributed by atoms with van der Waals surface area (Å²) in [6.45, 7) is 4.16. The Kier molecular flexibility index (Phi) is 4.79. The van der Waals surface area contributed by atoms with Crippen LogP contribution in [0.2, 0.25) is 0 Å². The minimum absolute atomic E-state index is 0.265. The molecule has 0 spiro atoms. The van der Waals surface area contributed by atoms with Crippen LogP contribution in [0.4, 0.5) is 10.5 Å². The van der Waals surface area contributed by atoms with Gasteiger partial charge in [0.05, 0.1) is 0 Å². The second-order valence-corrected chi connectivity index (χ2v) is 5.52. The standard InChI is InChI=1S/C16H16BrNO2/c1-11-8-14(17)9-12(2)15(11)18-16(19)20-10-13-6-4-3-5-7-13/h3-9H,10H2,1-2H3,(H,18,19). The molecule has 3 nitrogen and oxygen atoms in total. The smallest absolute Gasteiger partial charge is 0.411 e. The normalized spacial score (nSPS) is 10.2. The van der Waals surface area contributed by atoms with Crippen LogP contribution in [0.1, 0.15) is 16.7 Å². The Balaban J connectivity index is 1.98. The fourth-order valence-corrected chi connectivity index (χ4v) is 2.66. The van der Waals surface area contributed by atoms with Gasteiger partial charge in [0.2, 0.25) is 0 Å². The highest BCUT2D eigenvalue weighted by Crippen LogP contribution is 2.25. The summed E-state index contributed by atoms with van der Waals surface area (Å²) in [7, 11) is 0. The lowest BCUT2D eigenvalue weighted by atomic mass is 10.1. The van der Waals surface area contributed by atoms with E-state index in [2.05, 4.69) is 21.2 Å². The van der Waals surface area contributed by atoms with Crippen molar-refractivity contribution in [1.82, 2.24) is 0 Å². The van der Waals surface area contributed by atoms with Gasteiger partial charge in [-0.25, -0.2) is 4.79 Å². The largest absolute Gasteiger partial charge is 0.444 e. The number of nitrogens with one attached hydrogen (secondary N) is 1. The average molecular weight is 334 g/mol. The number of hydrogen-bond donors (Lipinski definition) is 1. The molecule has 2 rings (SSSR count). The van der Waals surface area contributed by atoms with Gasteiger partial charge in [0.15, 0.2) is 0 Å². The van der Waals surface area contributed by atoms with Crippen LogP contribution in [0.3, 0.4) is 0 Å². The van der Waals surface area contributed by atoms with Crippen molar-refractivity contribution >= 4 is 27.7 Å². The van der Waals surface area contributed by atoms with Gasteiger partial charge in [-0.2, -0.15) is 0 Å². The molecule has 0 radical (unpaired) electrons. The van der Waals surface area contributed by atoms with Gasteiger partial charge in [0.1, 0.15) is 6.61 Å². The molecule has 0 bridgehead atoms. The SMILES string of the molecule is Cc1cc(Br)cc(C)c1NC(=O)OCc1ccccc1. The zero-order valence-electron chi connectivity index (χ0n) is 11.4. The van der Waals surface area contributed by atoms with Gasteiger partial charge in [-0.05, 0) is 42.7 Å². The van der Waals surface area contributed by atoms with Crippen LogP contribution < -0.4 is 5.32 Å². The second-order valence-electron chi connectivity index (χ2n) is 4.60. The summed E-state index contributed by atoms with van der Waals surface area (Å²) in [5.74, 6) is 0. The Bertz CT molecular complexity index is 588. The van der Waals surface area contributed by atoms with Gasteiger partial charge < -0.3 is 4.74 Å². The van der Waals surface area contributed by atoms with E-state index >= 15 is 0 Å². The van der Waals surface area contributed by atoms with Gasteiger partial charge in [0.25, 0.3) is 0 Å². The fourth-order valence-electron chi connectivity index (χ4n) is 1.97. The molecule has 0 aliphatic heterocycles. The summed E-state index contributed by atoms with van der Waals surface area (Å²) in [4.78, 5) is 11.8. The topological polar surface area (TPSA) is 38.3 Å². The van der Waals surface area contributed by atoms with Crippen LogP contribution in [0, 0.1) is 13.8 Å². The minimum atomic E-state index is -0.442. The van der Waals surface area contributed by atoms with E-state index in [1.807, 2.05) is 56.3 Å². The van der Waals surface area contributed by atoms with Crippen molar-refractivity contribution in [2.75, 3.05) is 5.32 Å². The van der Waals surface area contributed by atoms with E-state index in [9.17, 15) is 4.79 Å². The highest BCUT2D eigenvalue weighted by molar-refractivity contribution is 9.10. The summed E-state index contributed by atoms with van der Waals surface area (Å²) in [6, 6.07) is 13.5. The fraction of sp³-hybridized carbons (Fsp3) is 0.188. The maximum absolute atomic E-state index is 11.8. The monoisotopic (exact) mass is 333 g/mol. The third-order valence-corrected chi connectivity index (χ3v) is 3.40. The first kappa shape index (κ1) is 14.6. The lowest BCUT2D eigenvalue weighted by Crippen LogP contribution is -2.15. The zero-order valence-corrected chi connectivity index (χ0v) is 13.0. The number of rotatable bonds is 3. The lowest BCUT2D eigenvalue weighted by molar-refractivity contribution is 0.155. The molecule has 0 atom stereocenters. The molecule has 1 amide bonds. The number of amides is 1. The van der Waals surface area contributed by atoms with E-state index < -0.39 is 6.09 Å². The minimum Gasteiger partial charge on any atom is -0.444 e. The molecular weight excluding hydrogens is 318 g/mol. The van der Waals surface area contributed by atoms with Gasteiger partial charge in [-0.3, -0.25) is 5.32 Å². The number of carbonyl (C=O) groups is 1. The molecule has 0 aliphatic rings. The van der Waals surface area contributed by atoms with E-state index in [1.165, 1.54) is 0 Å². The number of hydrogen-bond acceptors (Lipinski definition) is 2. The molecule has 104 valence electrons.